The standard InChI is InChI=1S/C20H20ClFN4.C6H8N2/c1-11-12(2)24-20-18(23-11)17(15-9-8-14(21)10-16(15)22)25-19(26-20)13-6-4-3-5-7-13;1-4-7-8(5-1)6-2-3-6/h8-10,13H,3-7H2,1-2H3;1,4-6H,2-3H2. The van der Waals surface area contributed by atoms with Gasteiger partial charge in [0.1, 0.15) is 22.9 Å². The molecule has 176 valence electrons. The summed E-state index contributed by atoms with van der Waals surface area (Å²) in [5.41, 5.74) is 3.58. The van der Waals surface area contributed by atoms with Crippen LogP contribution in [-0.4, -0.2) is 29.7 Å². The molecule has 0 radical (unpaired) electrons. The van der Waals surface area contributed by atoms with Gasteiger partial charge in [0, 0.05) is 28.9 Å². The Hall–Kier alpha value is -2.93. The first kappa shape index (κ1) is 22.8. The molecule has 2 saturated carbocycles. The van der Waals surface area contributed by atoms with Crippen LogP contribution in [0.4, 0.5) is 4.39 Å². The topological polar surface area (TPSA) is 69.4 Å². The molecule has 2 fully saturated rings. The van der Waals surface area contributed by atoms with Crippen LogP contribution in [0.5, 0.6) is 0 Å². The number of rotatable bonds is 3. The SMILES string of the molecule is Cc1nc2nc(C3CCCCC3)nc(-c3ccc(Cl)cc3F)c2nc1C.c1cnn(C2CC2)c1. The van der Waals surface area contributed by atoms with Crippen molar-refractivity contribution >= 4 is 22.8 Å². The predicted molar refractivity (Wildman–Crippen MR) is 131 cm³/mol. The zero-order chi connectivity index (χ0) is 23.7. The molecule has 0 N–H and O–H groups in total. The maximum Gasteiger partial charge on any atom is 0.182 e. The Morgan fingerprint density at radius 2 is 1.71 bits per heavy atom. The van der Waals surface area contributed by atoms with E-state index >= 15 is 0 Å². The first-order valence-corrected chi connectivity index (χ1v) is 12.3. The molecule has 0 atom stereocenters. The van der Waals surface area contributed by atoms with E-state index in [0.717, 1.165) is 36.1 Å². The lowest BCUT2D eigenvalue weighted by Crippen LogP contribution is -2.11. The third kappa shape index (κ3) is 4.94. The van der Waals surface area contributed by atoms with Gasteiger partial charge in [0.15, 0.2) is 5.65 Å². The van der Waals surface area contributed by atoms with Gasteiger partial charge < -0.3 is 0 Å². The molecule has 3 aromatic heterocycles. The molecule has 34 heavy (non-hydrogen) atoms. The van der Waals surface area contributed by atoms with Crippen LogP contribution >= 0.6 is 11.6 Å². The van der Waals surface area contributed by atoms with Gasteiger partial charge in [-0.15, -0.1) is 0 Å². The van der Waals surface area contributed by atoms with Crippen LogP contribution in [-0.2, 0) is 0 Å². The Morgan fingerprint density at radius 1 is 0.941 bits per heavy atom. The number of halogens is 2. The Labute approximate surface area is 203 Å². The predicted octanol–water partition coefficient (Wildman–Crippen LogP) is 6.76. The summed E-state index contributed by atoms with van der Waals surface area (Å²) in [7, 11) is 0. The zero-order valence-corrected chi connectivity index (χ0v) is 20.3. The summed E-state index contributed by atoms with van der Waals surface area (Å²) in [6, 6.07) is 7.34. The molecule has 0 aliphatic heterocycles. The number of hydrogen-bond donors (Lipinski definition) is 0. The lowest BCUT2D eigenvalue weighted by atomic mass is 9.88. The Bertz CT molecular complexity index is 1300. The maximum atomic E-state index is 14.6. The number of aryl methyl sites for hydroxylation is 2. The van der Waals surface area contributed by atoms with Gasteiger partial charge in [-0.25, -0.2) is 24.3 Å². The third-order valence-electron chi connectivity index (χ3n) is 6.56. The Balaban J connectivity index is 0.000000252. The van der Waals surface area contributed by atoms with Crippen LogP contribution in [0.25, 0.3) is 22.4 Å². The maximum absolute atomic E-state index is 14.6. The van der Waals surface area contributed by atoms with Gasteiger partial charge in [-0.2, -0.15) is 5.10 Å². The summed E-state index contributed by atoms with van der Waals surface area (Å²) in [6.07, 6.45) is 12.2. The smallest absolute Gasteiger partial charge is 0.182 e. The molecule has 3 heterocycles. The van der Waals surface area contributed by atoms with E-state index in [4.69, 9.17) is 21.6 Å². The second-order valence-corrected chi connectivity index (χ2v) is 9.61. The Morgan fingerprint density at radius 3 is 2.38 bits per heavy atom. The van der Waals surface area contributed by atoms with Crippen LogP contribution in [0, 0.1) is 19.7 Å². The molecule has 8 heteroatoms. The summed E-state index contributed by atoms with van der Waals surface area (Å²) in [5.74, 6) is 0.636. The van der Waals surface area contributed by atoms with Crippen molar-refractivity contribution < 1.29 is 4.39 Å². The van der Waals surface area contributed by atoms with Crippen molar-refractivity contribution in [3.05, 3.63) is 64.7 Å². The molecular formula is C26H28ClFN6. The van der Waals surface area contributed by atoms with Crippen LogP contribution in [0.2, 0.25) is 5.02 Å². The number of hydrogen-bond acceptors (Lipinski definition) is 5. The van der Waals surface area contributed by atoms with Gasteiger partial charge in [-0.05, 0) is 63.8 Å². The number of fused-ring (bicyclic) bond motifs is 1. The highest BCUT2D eigenvalue weighted by Gasteiger charge is 2.24. The molecule has 2 aliphatic carbocycles. The molecule has 0 unspecified atom stereocenters. The van der Waals surface area contributed by atoms with Crippen molar-refractivity contribution in [2.75, 3.05) is 0 Å². The third-order valence-corrected chi connectivity index (χ3v) is 6.80. The van der Waals surface area contributed by atoms with E-state index in [1.54, 1.807) is 12.1 Å². The average Bonchev–Trinajstić information content (AvgIpc) is 3.54. The van der Waals surface area contributed by atoms with E-state index in [9.17, 15) is 4.39 Å². The van der Waals surface area contributed by atoms with E-state index in [1.165, 1.54) is 38.2 Å². The monoisotopic (exact) mass is 478 g/mol. The van der Waals surface area contributed by atoms with Crippen LogP contribution in [0.3, 0.4) is 0 Å². The van der Waals surface area contributed by atoms with Crippen molar-refractivity contribution in [2.24, 2.45) is 0 Å². The van der Waals surface area contributed by atoms with Gasteiger partial charge in [-0.1, -0.05) is 30.9 Å². The highest BCUT2D eigenvalue weighted by atomic mass is 35.5. The van der Waals surface area contributed by atoms with E-state index < -0.39 is 5.82 Å². The number of benzene rings is 1. The van der Waals surface area contributed by atoms with Crippen LogP contribution < -0.4 is 0 Å². The fraction of sp³-hybridized carbons (Fsp3) is 0.423. The molecule has 2 aliphatic rings. The summed E-state index contributed by atoms with van der Waals surface area (Å²) in [5, 5.41) is 4.45. The van der Waals surface area contributed by atoms with E-state index in [0.29, 0.717) is 33.4 Å². The van der Waals surface area contributed by atoms with Crippen molar-refractivity contribution in [1.29, 1.82) is 0 Å². The molecule has 0 spiro atoms. The van der Waals surface area contributed by atoms with Crippen molar-refractivity contribution in [3.63, 3.8) is 0 Å². The summed E-state index contributed by atoms with van der Waals surface area (Å²) in [6.45, 7) is 3.80. The zero-order valence-electron chi connectivity index (χ0n) is 19.5. The lowest BCUT2D eigenvalue weighted by molar-refractivity contribution is 0.429. The first-order chi connectivity index (χ1) is 16.5. The fourth-order valence-electron chi connectivity index (χ4n) is 4.38. The fourth-order valence-corrected chi connectivity index (χ4v) is 4.54. The average molecular weight is 479 g/mol. The van der Waals surface area contributed by atoms with Gasteiger partial charge in [-0.3, -0.25) is 4.68 Å². The van der Waals surface area contributed by atoms with Crippen molar-refractivity contribution in [2.45, 2.75) is 70.8 Å². The highest BCUT2D eigenvalue weighted by molar-refractivity contribution is 6.30. The quantitative estimate of drug-likeness (QED) is 0.325. The first-order valence-electron chi connectivity index (χ1n) is 12.0. The van der Waals surface area contributed by atoms with Gasteiger partial charge in [0.2, 0.25) is 0 Å². The van der Waals surface area contributed by atoms with Gasteiger partial charge in [0.25, 0.3) is 0 Å². The van der Waals surface area contributed by atoms with E-state index in [2.05, 4.69) is 15.1 Å². The van der Waals surface area contributed by atoms with Crippen molar-refractivity contribution in [3.8, 4) is 11.3 Å². The van der Waals surface area contributed by atoms with Crippen molar-refractivity contribution in [1.82, 2.24) is 29.7 Å². The molecule has 6 nitrogen and oxygen atoms in total. The van der Waals surface area contributed by atoms with E-state index in [1.807, 2.05) is 37.0 Å². The minimum Gasteiger partial charge on any atom is -0.270 e. The second-order valence-electron chi connectivity index (χ2n) is 9.17. The molecule has 1 aromatic carbocycles. The summed E-state index contributed by atoms with van der Waals surface area (Å²) in [4.78, 5) is 18.7. The largest absolute Gasteiger partial charge is 0.270 e. The van der Waals surface area contributed by atoms with Gasteiger partial charge in [0.05, 0.1) is 17.4 Å². The van der Waals surface area contributed by atoms with Crippen LogP contribution in [0.1, 0.15) is 74.1 Å². The van der Waals surface area contributed by atoms with Crippen LogP contribution in [0.15, 0.2) is 36.7 Å². The normalized spacial score (nSPS) is 16.4. The Kier molecular flexibility index (Phi) is 6.55. The summed E-state index contributed by atoms with van der Waals surface area (Å²) >= 11 is 5.92. The second kappa shape index (κ2) is 9.74. The van der Waals surface area contributed by atoms with E-state index in [-0.39, 0.29) is 0 Å². The van der Waals surface area contributed by atoms with Gasteiger partial charge >= 0.3 is 0 Å². The molecule has 0 bridgehead atoms. The number of aromatic nitrogens is 6. The minimum atomic E-state index is -0.410. The molecule has 0 amide bonds. The molecule has 0 saturated heterocycles. The lowest BCUT2D eigenvalue weighted by Gasteiger charge is -2.21. The minimum absolute atomic E-state index is 0.297. The molecule has 4 aromatic rings. The number of nitrogens with zero attached hydrogens (tertiary/aromatic N) is 6. The summed E-state index contributed by atoms with van der Waals surface area (Å²) < 4.78 is 16.7. The molecule has 6 rings (SSSR count). The molecular weight excluding hydrogens is 451 g/mol. The highest BCUT2D eigenvalue weighted by Crippen LogP contribution is 2.35.